The normalized spacial score (nSPS) is 28.7. The third kappa shape index (κ3) is 1.87. The van der Waals surface area contributed by atoms with Gasteiger partial charge in [-0.1, -0.05) is 18.2 Å². The Morgan fingerprint density at radius 1 is 1.47 bits per heavy atom. The molecule has 0 aliphatic heterocycles. The zero-order valence-corrected chi connectivity index (χ0v) is 8.91. The number of benzene rings is 1. The minimum absolute atomic E-state index is 0.0495. The van der Waals surface area contributed by atoms with Gasteiger partial charge in [-0.05, 0) is 18.6 Å². The van der Waals surface area contributed by atoms with Crippen LogP contribution >= 0.6 is 11.8 Å². The third-order valence-corrected chi connectivity index (χ3v) is 4.22. The van der Waals surface area contributed by atoms with Crippen molar-refractivity contribution in [1.29, 1.82) is 0 Å². The lowest BCUT2D eigenvalue weighted by Gasteiger charge is -2.10. The van der Waals surface area contributed by atoms with E-state index in [1.54, 1.807) is 0 Å². The third-order valence-electron chi connectivity index (χ3n) is 2.67. The van der Waals surface area contributed by atoms with Gasteiger partial charge in [-0.15, -0.1) is 11.8 Å². The molecular weight excluding hydrogens is 212 g/mol. The number of carbonyl (C=O) groups is 1. The van der Waals surface area contributed by atoms with E-state index >= 15 is 0 Å². The number of aliphatic hydroxyl groups excluding tert-OH is 1. The molecule has 0 radical (unpaired) electrons. The van der Waals surface area contributed by atoms with Crippen molar-refractivity contribution in [3.05, 3.63) is 30.3 Å². The van der Waals surface area contributed by atoms with Gasteiger partial charge in [-0.25, -0.2) is 0 Å². The molecule has 1 aliphatic carbocycles. The first-order valence-corrected chi connectivity index (χ1v) is 5.59. The second kappa shape index (κ2) is 3.87. The van der Waals surface area contributed by atoms with Crippen molar-refractivity contribution in [2.45, 2.75) is 16.1 Å². The highest BCUT2D eigenvalue weighted by Gasteiger charge is 2.61. The standard InChI is InChI=1S/C11H12O3S/c12-7-8-6-11(8,10(13)14)15-9-4-2-1-3-5-9/h1-5,8,12H,6-7H2,(H,13,14). The first-order valence-electron chi connectivity index (χ1n) is 4.77. The van der Waals surface area contributed by atoms with E-state index in [0.717, 1.165) is 4.90 Å². The molecular formula is C11H12O3S. The van der Waals surface area contributed by atoms with E-state index < -0.39 is 10.7 Å². The van der Waals surface area contributed by atoms with E-state index in [9.17, 15) is 4.79 Å². The van der Waals surface area contributed by atoms with Crippen molar-refractivity contribution in [3.8, 4) is 0 Å². The van der Waals surface area contributed by atoms with Gasteiger partial charge in [-0.3, -0.25) is 4.79 Å². The molecule has 0 amide bonds. The van der Waals surface area contributed by atoms with Crippen LogP contribution in [0.1, 0.15) is 6.42 Å². The largest absolute Gasteiger partial charge is 0.480 e. The van der Waals surface area contributed by atoms with Crippen LogP contribution in [0.5, 0.6) is 0 Å². The lowest BCUT2D eigenvalue weighted by molar-refractivity contribution is -0.137. The maximum Gasteiger partial charge on any atom is 0.320 e. The van der Waals surface area contributed by atoms with E-state index in [-0.39, 0.29) is 12.5 Å². The van der Waals surface area contributed by atoms with Gasteiger partial charge in [0.1, 0.15) is 4.75 Å². The van der Waals surface area contributed by atoms with Crippen molar-refractivity contribution in [2.24, 2.45) is 5.92 Å². The van der Waals surface area contributed by atoms with E-state index in [1.165, 1.54) is 11.8 Å². The maximum absolute atomic E-state index is 11.1. The Morgan fingerprint density at radius 3 is 2.60 bits per heavy atom. The van der Waals surface area contributed by atoms with Crippen LogP contribution in [0, 0.1) is 5.92 Å². The Bertz CT molecular complexity index is 365. The highest BCUT2D eigenvalue weighted by molar-refractivity contribution is 8.01. The fourth-order valence-corrected chi connectivity index (χ4v) is 2.98. The maximum atomic E-state index is 11.1. The first kappa shape index (κ1) is 10.5. The Balaban J connectivity index is 2.14. The van der Waals surface area contributed by atoms with E-state index in [1.807, 2.05) is 30.3 Å². The van der Waals surface area contributed by atoms with Crippen LogP contribution in [0.3, 0.4) is 0 Å². The molecule has 1 aromatic rings. The Hall–Kier alpha value is -1.00. The predicted molar refractivity (Wildman–Crippen MR) is 57.9 cm³/mol. The van der Waals surface area contributed by atoms with Crippen LogP contribution in [0.2, 0.25) is 0 Å². The molecule has 80 valence electrons. The Morgan fingerprint density at radius 2 is 2.13 bits per heavy atom. The summed E-state index contributed by atoms with van der Waals surface area (Å²) in [5.41, 5.74) is 0. The van der Waals surface area contributed by atoms with Gasteiger partial charge in [0.05, 0.1) is 0 Å². The van der Waals surface area contributed by atoms with Crippen LogP contribution < -0.4 is 0 Å². The molecule has 1 saturated carbocycles. The molecule has 0 saturated heterocycles. The number of hydrogen-bond donors (Lipinski definition) is 2. The molecule has 2 unspecified atom stereocenters. The summed E-state index contributed by atoms with van der Waals surface area (Å²) >= 11 is 1.34. The van der Waals surface area contributed by atoms with Gasteiger partial charge in [0.25, 0.3) is 0 Å². The topological polar surface area (TPSA) is 57.5 Å². The summed E-state index contributed by atoms with van der Waals surface area (Å²) in [6, 6.07) is 9.45. The number of thioether (sulfide) groups is 1. The summed E-state index contributed by atoms with van der Waals surface area (Å²) in [4.78, 5) is 12.1. The number of aliphatic hydroxyl groups is 1. The van der Waals surface area contributed by atoms with Gasteiger partial charge < -0.3 is 10.2 Å². The summed E-state index contributed by atoms with van der Waals surface area (Å²) < 4.78 is -0.796. The van der Waals surface area contributed by atoms with Gasteiger partial charge in [0, 0.05) is 17.4 Å². The van der Waals surface area contributed by atoms with Crippen LogP contribution in [0.25, 0.3) is 0 Å². The van der Waals surface area contributed by atoms with Crippen molar-refractivity contribution < 1.29 is 15.0 Å². The average molecular weight is 224 g/mol. The second-order valence-electron chi connectivity index (χ2n) is 3.69. The van der Waals surface area contributed by atoms with Crippen molar-refractivity contribution in [1.82, 2.24) is 0 Å². The summed E-state index contributed by atoms with van der Waals surface area (Å²) in [7, 11) is 0. The Kier molecular flexibility index (Phi) is 2.71. The lowest BCUT2D eigenvalue weighted by atomic mass is 10.3. The molecule has 1 aromatic carbocycles. The summed E-state index contributed by atoms with van der Waals surface area (Å²) in [6.07, 6.45) is 0.554. The average Bonchev–Trinajstić information content (AvgIpc) is 2.94. The highest BCUT2D eigenvalue weighted by Crippen LogP contribution is 2.56. The molecule has 2 atom stereocenters. The number of rotatable bonds is 4. The molecule has 2 N–H and O–H groups in total. The number of aliphatic carboxylic acids is 1. The molecule has 0 spiro atoms. The van der Waals surface area contributed by atoms with Crippen LogP contribution in [0.4, 0.5) is 0 Å². The summed E-state index contributed by atoms with van der Waals surface area (Å²) in [5.74, 6) is -0.935. The minimum atomic E-state index is -0.824. The number of carboxylic acids is 1. The summed E-state index contributed by atoms with van der Waals surface area (Å²) in [5, 5.41) is 18.1. The van der Waals surface area contributed by atoms with Crippen molar-refractivity contribution in [2.75, 3.05) is 6.61 Å². The van der Waals surface area contributed by atoms with E-state index in [0.29, 0.717) is 6.42 Å². The minimum Gasteiger partial charge on any atom is -0.480 e. The molecule has 2 rings (SSSR count). The predicted octanol–water partition coefficient (Wildman–Crippen LogP) is 1.61. The van der Waals surface area contributed by atoms with Crippen molar-refractivity contribution in [3.63, 3.8) is 0 Å². The highest BCUT2D eigenvalue weighted by atomic mass is 32.2. The van der Waals surface area contributed by atoms with Crippen LogP contribution in [-0.4, -0.2) is 27.5 Å². The van der Waals surface area contributed by atoms with Crippen LogP contribution in [0.15, 0.2) is 35.2 Å². The molecule has 15 heavy (non-hydrogen) atoms. The Labute approximate surface area is 92.1 Å². The van der Waals surface area contributed by atoms with E-state index in [4.69, 9.17) is 10.2 Å². The zero-order chi connectivity index (χ0) is 10.9. The quantitative estimate of drug-likeness (QED) is 0.816. The molecule has 4 heteroatoms. The number of hydrogen-bond acceptors (Lipinski definition) is 3. The van der Waals surface area contributed by atoms with Gasteiger partial charge in [0.15, 0.2) is 0 Å². The first-order chi connectivity index (χ1) is 7.19. The smallest absolute Gasteiger partial charge is 0.320 e. The van der Waals surface area contributed by atoms with E-state index in [2.05, 4.69) is 0 Å². The molecule has 1 fully saturated rings. The number of carboxylic acid groups (broad SMARTS) is 1. The molecule has 1 aliphatic rings. The monoisotopic (exact) mass is 224 g/mol. The SMILES string of the molecule is O=C(O)C1(Sc2ccccc2)CC1CO. The molecule has 0 bridgehead atoms. The lowest BCUT2D eigenvalue weighted by Crippen LogP contribution is -2.21. The molecule has 0 aromatic heterocycles. The summed E-state index contributed by atoms with van der Waals surface area (Å²) in [6.45, 7) is -0.0495. The van der Waals surface area contributed by atoms with Gasteiger partial charge in [-0.2, -0.15) is 0 Å². The van der Waals surface area contributed by atoms with Crippen molar-refractivity contribution >= 4 is 17.7 Å². The fourth-order valence-electron chi connectivity index (χ4n) is 1.65. The van der Waals surface area contributed by atoms with Crippen LogP contribution in [-0.2, 0) is 4.79 Å². The molecule has 0 heterocycles. The second-order valence-corrected chi connectivity index (χ2v) is 5.10. The molecule has 3 nitrogen and oxygen atoms in total. The van der Waals surface area contributed by atoms with Gasteiger partial charge in [0.2, 0.25) is 0 Å². The fraction of sp³-hybridized carbons (Fsp3) is 0.364. The van der Waals surface area contributed by atoms with Gasteiger partial charge >= 0.3 is 5.97 Å². The zero-order valence-electron chi connectivity index (χ0n) is 8.09.